The highest BCUT2D eigenvalue weighted by atomic mass is 16.5. The molecule has 0 bridgehead atoms. The second-order valence-electron chi connectivity index (χ2n) is 9.72. The summed E-state index contributed by atoms with van der Waals surface area (Å²) < 4.78 is 7.48. The van der Waals surface area contributed by atoms with Crippen LogP contribution in [0.3, 0.4) is 0 Å². The van der Waals surface area contributed by atoms with Gasteiger partial charge in [0, 0.05) is 43.7 Å². The topological polar surface area (TPSA) is 85.4 Å². The van der Waals surface area contributed by atoms with E-state index in [2.05, 4.69) is 58.7 Å². The average Bonchev–Trinajstić information content (AvgIpc) is 3.51. The molecule has 7 nitrogen and oxygen atoms in total. The summed E-state index contributed by atoms with van der Waals surface area (Å²) >= 11 is 0. The van der Waals surface area contributed by atoms with Crippen molar-refractivity contribution >= 4 is 27.5 Å². The number of hydrogen-bond acceptors (Lipinski definition) is 5. The largest absolute Gasteiger partial charge is 0.496 e. The van der Waals surface area contributed by atoms with E-state index in [4.69, 9.17) is 15.6 Å². The molecule has 0 saturated carbocycles. The molecule has 0 fully saturated rings. The fraction of sp³-hybridized carbons (Fsp3) is 0.226. The summed E-state index contributed by atoms with van der Waals surface area (Å²) in [5.74, 6) is 0.722. The number of carbonyl (C=O) groups is 1. The van der Waals surface area contributed by atoms with Gasteiger partial charge < -0.3 is 15.8 Å². The number of fused-ring (bicyclic) bond motifs is 3. The van der Waals surface area contributed by atoms with E-state index in [1.165, 1.54) is 10.9 Å². The van der Waals surface area contributed by atoms with E-state index in [0.717, 1.165) is 51.8 Å². The summed E-state index contributed by atoms with van der Waals surface area (Å²) in [5.41, 5.74) is 10.8. The Morgan fingerprint density at radius 1 is 0.921 bits per heavy atom. The monoisotopic (exact) mass is 505 g/mol. The van der Waals surface area contributed by atoms with Gasteiger partial charge in [-0.25, -0.2) is 0 Å². The summed E-state index contributed by atoms with van der Waals surface area (Å²) in [6, 6.07) is 26.9. The van der Waals surface area contributed by atoms with Crippen molar-refractivity contribution in [2.24, 2.45) is 5.73 Å². The fourth-order valence-corrected chi connectivity index (χ4v) is 5.57. The zero-order valence-electron chi connectivity index (χ0n) is 21.5. The van der Waals surface area contributed by atoms with Gasteiger partial charge in [-0.15, -0.1) is 0 Å². The second kappa shape index (κ2) is 10.3. The third-order valence-corrected chi connectivity index (χ3v) is 7.39. The first kappa shape index (κ1) is 24.2. The van der Waals surface area contributed by atoms with Crippen LogP contribution in [0.1, 0.15) is 32.9 Å². The standard InChI is InChI=1S/C31H31N5O2/c1-38-29-14-13-23(25-11-4-5-12-26(25)29)18-35-19-27-28(20-35)36(16-15-32)34-30(27)31(37)33-17-22-9-6-8-21-7-2-3-10-24(21)22/h2-14H,15-20,32H2,1H3,(H,33,37). The number of nitrogens with one attached hydrogen (secondary N) is 1. The van der Waals surface area contributed by atoms with Crippen LogP contribution < -0.4 is 15.8 Å². The van der Waals surface area contributed by atoms with Gasteiger partial charge in [0.15, 0.2) is 5.69 Å². The Labute approximate surface area is 221 Å². The molecule has 38 heavy (non-hydrogen) atoms. The summed E-state index contributed by atoms with van der Waals surface area (Å²) in [4.78, 5) is 15.7. The fourth-order valence-electron chi connectivity index (χ4n) is 5.57. The van der Waals surface area contributed by atoms with Crippen molar-refractivity contribution in [3.05, 3.63) is 107 Å². The van der Waals surface area contributed by atoms with Crippen molar-refractivity contribution in [3.8, 4) is 5.75 Å². The first-order chi connectivity index (χ1) is 18.7. The summed E-state index contributed by atoms with van der Waals surface area (Å²) in [6.07, 6.45) is 0. The van der Waals surface area contributed by atoms with Crippen LogP contribution in [0.15, 0.2) is 78.9 Å². The van der Waals surface area contributed by atoms with Crippen LogP contribution in [-0.2, 0) is 32.7 Å². The Hall–Kier alpha value is -4.20. The normalized spacial score (nSPS) is 13.2. The third kappa shape index (κ3) is 4.40. The summed E-state index contributed by atoms with van der Waals surface area (Å²) in [6.45, 7) is 3.64. The van der Waals surface area contributed by atoms with Gasteiger partial charge >= 0.3 is 0 Å². The number of aromatic nitrogens is 2. The second-order valence-corrected chi connectivity index (χ2v) is 9.72. The molecule has 1 aromatic heterocycles. The maximum Gasteiger partial charge on any atom is 0.272 e. The van der Waals surface area contributed by atoms with Crippen molar-refractivity contribution in [3.63, 3.8) is 0 Å². The third-order valence-electron chi connectivity index (χ3n) is 7.39. The Morgan fingerprint density at radius 2 is 1.68 bits per heavy atom. The lowest BCUT2D eigenvalue weighted by Crippen LogP contribution is -2.26. The maximum atomic E-state index is 13.4. The first-order valence-corrected chi connectivity index (χ1v) is 13.0. The predicted octanol–water partition coefficient (Wildman–Crippen LogP) is 4.60. The maximum absolute atomic E-state index is 13.4. The molecule has 0 radical (unpaired) electrons. The lowest BCUT2D eigenvalue weighted by Gasteiger charge is -2.18. The van der Waals surface area contributed by atoms with Crippen LogP contribution in [0.5, 0.6) is 5.75 Å². The molecule has 0 spiro atoms. The number of hydrogen-bond donors (Lipinski definition) is 2. The van der Waals surface area contributed by atoms with Gasteiger partial charge in [0.05, 0.1) is 19.3 Å². The van der Waals surface area contributed by atoms with Gasteiger partial charge in [0.2, 0.25) is 0 Å². The van der Waals surface area contributed by atoms with E-state index in [9.17, 15) is 4.79 Å². The molecule has 1 aliphatic rings. The lowest BCUT2D eigenvalue weighted by atomic mass is 10.0. The molecule has 4 aromatic carbocycles. The number of nitrogens with two attached hydrogens (primary N) is 1. The van der Waals surface area contributed by atoms with Crippen LogP contribution >= 0.6 is 0 Å². The summed E-state index contributed by atoms with van der Waals surface area (Å²) in [5, 5.41) is 12.4. The minimum absolute atomic E-state index is 0.151. The summed E-state index contributed by atoms with van der Waals surface area (Å²) in [7, 11) is 1.70. The molecule has 1 amide bonds. The van der Waals surface area contributed by atoms with Crippen LogP contribution in [0.2, 0.25) is 0 Å². The average molecular weight is 506 g/mol. The van der Waals surface area contributed by atoms with Gasteiger partial charge in [-0.2, -0.15) is 5.10 Å². The van der Waals surface area contributed by atoms with Gasteiger partial charge in [0.25, 0.3) is 5.91 Å². The van der Waals surface area contributed by atoms with Crippen LogP contribution in [0.25, 0.3) is 21.5 Å². The molecule has 7 heteroatoms. The smallest absolute Gasteiger partial charge is 0.272 e. The Balaban J connectivity index is 1.24. The Morgan fingerprint density at radius 3 is 2.50 bits per heavy atom. The number of methoxy groups -OCH3 is 1. The van der Waals surface area contributed by atoms with Gasteiger partial charge in [-0.05, 0) is 33.4 Å². The molecule has 6 rings (SSSR count). The van der Waals surface area contributed by atoms with Crippen molar-refractivity contribution < 1.29 is 9.53 Å². The molecule has 0 atom stereocenters. The minimum Gasteiger partial charge on any atom is -0.496 e. The molecule has 0 unspecified atom stereocenters. The SMILES string of the molecule is COc1ccc(CN2Cc3c(C(=O)NCc4cccc5ccccc45)nn(CCN)c3C2)c2ccccc12. The van der Waals surface area contributed by atoms with Gasteiger partial charge in [0.1, 0.15) is 5.75 Å². The highest BCUT2D eigenvalue weighted by Gasteiger charge is 2.30. The van der Waals surface area contributed by atoms with E-state index in [1.807, 2.05) is 35.0 Å². The van der Waals surface area contributed by atoms with Crippen LogP contribution in [0.4, 0.5) is 0 Å². The lowest BCUT2D eigenvalue weighted by molar-refractivity contribution is 0.0943. The molecule has 0 saturated heterocycles. The van der Waals surface area contributed by atoms with Crippen LogP contribution in [-0.4, -0.2) is 34.2 Å². The van der Waals surface area contributed by atoms with E-state index in [1.54, 1.807) is 7.11 Å². The zero-order valence-corrected chi connectivity index (χ0v) is 21.5. The number of nitrogens with zero attached hydrogens (tertiary/aromatic N) is 3. The molecule has 192 valence electrons. The van der Waals surface area contributed by atoms with Crippen molar-refractivity contribution in [1.82, 2.24) is 20.0 Å². The van der Waals surface area contributed by atoms with E-state index >= 15 is 0 Å². The first-order valence-electron chi connectivity index (χ1n) is 13.0. The molecular formula is C31H31N5O2. The molecule has 5 aromatic rings. The van der Waals surface area contributed by atoms with E-state index < -0.39 is 0 Å². The number of benzene rings is 4. The molecule has 1 aliphatic heterocycles. The number of rotatable bonds is 8. The van der Waals surface area contributed by atoms with Crippen LogP contribution in [0, 0.1) is 0 Å². The van der Waals surface area contributed by atoms with E-state index in [-0.39, 0.29) is 5.91 Å². The minimum atomic E-state index is -0.151. The number of amides is 1. The van der Waals surface area contributed by atoms with Crippen molar-refractivity contribution in [2.75, 3.05) is 13.7 Å². The zero-order chi connectivity index (χ0) is 26.1. The van der Waals surface area contributed by atoms with Crippen molar-refractivity contribution in [2.45, 2.75) is 32.7 Å². The number of ether oxygens (including phenoxy) is 1. The Bertz CT molecular complexity index is 1640. The molecule has 0 aliphatic carbocycles. The van der Waals surface area contributed by atoms with Crippen molar-refractivity contribution in [1.29, 1.82) is 0 Å². The van der Waals surface area contributed by atoms with E-state index in [0.29, 0.717) is 31.9 Å². The number of carbonyl (C=O) groups excluding carboxylic acids is 1. The quantitative estimate of drug-likeness (QED) is 0.322. The highest BCUT2D eigenvalue weighted by Crippen LogP contribution is 2.32. The van der Waals surface area contributed by atoms with Gasteiger partial charge in [-0.3, -0.25) is 14.4 Å². The van der Waals surface area contributed by atoms with Gasteiger partial charge in [-0.1, -0.05) is 72.8 Å². The molecule has 3 N–H and O–H groups in total. The predicted molar refractivity (Wildman–Crippen MR) is 150 cm³/mol. The molecule has 2 heterocycles. The Kier molecular flexibility index (Phi) is 6.54. The highest BCUT2D eigenvalue weighted by molar-refractivity contribution is 5.95. The molecular weight excluding hydrogens is 474 g/mol.